The van der Waals surface area contributed by atoms with E-state index in [4.69, 9.17) is 20.8 Å². The molecule has 0 saturated carbocycles. The van der Waals surface area contributed by atoms with Crippen LogP contribution in [0.2, 0.25) is 5.02 Å². The Morgan fingerprint density at radius 1 is 1.29 bits per heavy atom. The van der Waals surface area contributed by atoms with Crippen LogP contribution in [0.15, 0.2) is 47.1 Å². The van der Waals surface area contributed by atoms with Crippen molar-refractivity contribution in [3.8, 4) is 17.4 Å². The summed E-state index contributed by atoms with van der Waals surface area (Å²) in [5.74, 6) is 0.436. The zero-order valence-electron chi connectivity index (χ0n) is 13.3. The topological polar surface area (TPSA) is 70.2 Å². The third-order valence-electron chi connectivity index (χ3n) is 3.16. The van der Waals surface area contributed by atoms with Crippen LogP contribution in [0.5, 0.6) is 6.01 Å². The predicted molar refractivity (Wildman–Crippen MR) is 89.2 cm³/mol. The van der Waals surface area contributed by atoms with Crippen LogP contribution >= 0.6 is 11.6 Å². The van der Waals surface area contributed by atoms with Crippen LogP contribution in [0, 0.1) is 5.92 Å². The normalized spacial score (nSPS) is 11.0. The Morgan fingerprint density at radius 3 is 2.67 bits per heavy atom. The third-order valence-corrected chi connectivity index (χ3v) is 3.41. The first-order valence-corrected chi connectivity index (χ1v) is 7.86. The zero-order valence-corrected chi connectivity index (χ0v) is 14.0. The van der Waals surface area contributed by atoms with Crippen LogP contribution in [0.25, 0.3) is 11.4 Å². The molecular formula is C17H16ClN3O3. The monoisotopic (exact) mass is 345 g/mol. The van der Waals surface area contributed by atoms with Crippen molar-refractivity contribution >= 4 is 17.5 Å². The van der Waals surface area contributed by atoms with E-state index in [0.717, 1.165) is 0 Å². The molecular weight excluding hydrogens is 330 g/mol. The van der Waals surface area contributed by atoms with Gasteiger partial charge in [0.15, 0.2) is 11.6 Å². The Morgan fingerprint density at radius 2 is 2.04 bits per heavy atom. The van der Waals surface area contributed by atoms with Gasteiger partial charge in [-0.15, -0.1) is 5.10 Å². The van der Waals surface area contributed by atoms with Gasteiger partial charge in [0, 0.05) is 10.6 Å². The van der Waals surface area contributed by atoms with E-state index in [2.05, 4.69) is 10.1 Å². The van der Waals surface area contributed by atoms with E-state index in [1.54, 1.807) is 36.4 Å². The second-order valence-electron chi connectivity index (χ2n) is 5.62. The zero-order chi connectivity index (χ0) is 17.1. The van der Waals surface area contributed by atoms with Crippen LogP contribution in [0.4, 0.5) is 0 Å². The molecule has 0 fully saturated rings. The fourth-order valence-electron chi connectivity index (χ4n) is 2.03. The van der Waals surface area contributed by atoms with Crippen molar-refractivity contribution < 1.29 is 13.9 Å². The average molecular weight is 346 g/mol. The summed E-state index contributed by atoms with van der Waals surface area (Å²) in [6.45, 7) is 4.50. The first-order valence-electron chi connectivity index (χ1n) is 7.48. The summed E-state index contributed by atoms with van der Waals surface area (Å²) in [6, 6.07) is 10.3. The molecule has 0 N–H and O–H groups in total. The molecule has 2 aromatic heterocycles. The smallest absolute Gasteiger partial charge is 0.336 e. The van der Waals surface area contributed by atoms with Crippen LogP contribution in [-0.2, 0) is 0 Å². The minimum Gasteiger partial charge on any atom is -0.462 e. The van der Waals surface area contributed by atoms with Crippen molar-refractivity contribution in [2.24, 2.45) is 5.92 Å². The molecule has 3 rings (SSSR count). The van der Waals surface area contributed by atoms with Crippen LogP contribution in [-0.4, -0.2) is 27.3 Å². The lowest BCUT2D eigenvalue weighted by Crippen LogP contribution is -2.14. The average Bonchev–Trinajstić information content (AvgIpc) is 3.23. The summed E-state index contributed by atoms with van der Waals surface area (Å²) in [5.41, 5.74) is 0.700. The van der Waals surface area contributed by atoms with E-state index in [1.807, 2.05) is 13.8 Å². The summed E-state index contributed by atoms with van der Waals surface area (Å²) < 4.78 is 11.9. The number of rotatable bonds is 5. The Balaban J connectivity index is 2.01. The van der Waals surface area contributed by atoms with Gasteiger partial charge in [-0.2, -0.15) is 9.67 Å². The Hall–Kier alpha value is -2.60. The van der Waals surface area contributed by atoms with Crippen molar-refractivity contribution in [1.82, 2.24) is 14.8 Å². The highest BCUT2D eigenvalue weighted by atomic mass is 35.5. The number of aromatic nitrogens is 3. The molecule has 6 nitrogen and oxygen atoms in total. The molecule has 0 aliphatic rings. The highest BCUT2D eigenvalue weighted by Gasteiger charge is 2.21. The van der Waals surface area contributed by atoms with Gasteiger partial charge in [-0.25, -0.2) is 0 Å². The second-order valence-corrected chi connectivity index (χ2v) is 6.06. The van der Waals surface area contributed by atoms with Gasteiger partial charge in [-0.1, -0.05) is 25.4 Å². The first kappa shape index (κ1) is 16.3. The fraction of sp³-hybridized carbons (Fsp3) is 0.235. The molecule has 2 heterocycles. The molecule has 7 heteroatoms. The second kappa shape index (κ2) is 6.88. The number of hydrogen-bond acceptors (Lipinski definition) is 5. The first-order chi connectivity index (χ1) is 11.5. The maximum absolute atomic E-state index is 12.6. The number of carbonyl (C=O) groups is 1. The third kappa shape index (κ3) is 3.49. The molecule has 0 aliphatic carbocycles. The minimum atomic E-state index is -0.420. The van der Waals surface area contributed by atoms with Gasteiger partial charge in [0.1, 0.15) is 0 Å². The molecule has 1 aromatic carbocycles. The summed E-state index contributed by atoms with van der Waals surface area (Å²) in [7, 11) is 0. The summed E-state index contributed by atoms with van der Waals surface area (Å²) in [5, 5.41) is 4.77. The highest BCUT2D eigenvalue weighted by Crippen LogP contribution is 2.23. The molecule has 0 spiro atoms. The lowest BCUT2D eigenvalue weighted by molar-refractivity contribution is 0.0916. The van der Waals surface area contributed by atoms with Gasteiger partial charge < -0.3 is 9.15 Å². The van der Waals surface area contributed by atoms with E-state index in [-0.39, 0.29) is 11.8 Å². The minimum absolute atomic E-state index is 0.147. The molecule has 0 aliphatic heterocycles. The largest absolute Gasteiger partial charge is 0.462 e. The molecule has 0 radical (unpaired) electrons. The van der Waals surface area contributed by atoms with E-state index in [1.165, 1.54) is 10.9 Å². The maximum atomic E-state index is 12.6. The lowest BCUT2D eigenvalue weighted by atomic mass is 10.2. The summed E-state index contributed by atoms with van der Waals surface area (Å²) in [6.07, 6.45) is 1.43. The molecule has 0 unspecified atom stereocenters. The highest BCUT2D eigenvalue weighted by molar-refractivity contribution is 6.30. The van der Waals surface area contributed by atoms with E-state index in [0.29, 0.717) is 28.9 Å². The number of nitrogens with zero attached hydrogens (tertiary/aromatic N) is 3. The van der Waals surface area contributed by atoms with Crippen LogP contribution in [0.3, 0.4) is 0 Å². The number of ether oxygens (including phenoxy) is 1. The van der Waals surface area contributed by atoms with Gasteiger partial charge in [-0.05, 0) is 42.3 Å². The Kier molecular flexibility index (Phi) is 4.66. The van der Waals surface area contributed by atoms with Crippen molar-refractivity contribution in [3.05, 3.63) is 53.4 Å². The number of furan rings is 1. The Bertz CT molecular complexity index is 823. The van der Waals surface area contributed by atoms with Crippen LogP contribution < -0.4 is 4.74 Å². The van der Waals surface area contributed by atoms with E-state index in [9.17, 15) is 4.79 Å². The number of carbonyl (C=O) groups excluding carboxylic acids is 1. The van der Waals surface area contributed by atoms with Crippen molar-refractivity contribution in [2.45, 2.75) is 13.8 Å². The van der Waals surface area contributed by atoms with Gasteiger partial charge in [0.25, 0.3) is 0 Å². The molecule has 124 valence electrons. The molecule has 3 aromatic rings. The van der Waals surface area contributed by atoms with Crippen molar-refractivity contribution in [2.75, 3.05) is 6.61 Å². The SMILES string of the molecule is CC(C)COc1nc(-c2ccc(Cl)cc2)n(C(=O)c2ccco2)n1. The van der Waals surface area contributed by atoms with Gasteiger partial charge >= 0.3 is 11.9 Å². The van der Waals surface area contributed by atoms with Gasteiger partial charge in [-0.3, -0.25) is 4.79 Å². The van der Waals surface area contributed by atoms with Crippen molar-refractivity contribution in [3.63, 3.8) is 0 Å². The standard InChI is InChI=1S/C17H16ClN3O3/c1-11(2)10-24-17-19-15(12-5-7-13(18)8-6-12)21(20-17)16(22)14-4-3-9-23-14/h3-9,11H,10H2,1-2H3. The molecule has 0 saturated heterocycles. The summed E-state index contributed by atoms with van der Waals surface area (Å²) >= 11 is 5.92. The van der Waals surface area contributed by atoms with E-state index >= 15 is 0 Å². The number of benzene rings is 1. The molecule has 24 heavy (non-hydrogen) atoms. The molecule has 0 amide bonds. The van der Waals surface area contributed by atoms with Gasteiger partial charge in [0.2, 0.25) is 0 Å². The molecule has 0 atom stereocenters. The van der Waals surface area contributed by atoms with Crippen molar-refractivity contribution in [1.29, 1.82) is 0 Å². The number of hydrogen-bond donors (Lipinski definition) is 0. The van der Waals surface area contributed by atoms with Crippen LogP contribution in [0.1, 0.15) is 24.4 Å². The number of halogens is 1. The summed E-state index contributed by atoms with van der Waals surface area (Å²) in [4.78, 5) is 16.9. The maximum Gasteiger partial charge on any atom is 0.336 e. The molecule has 0 bridgehead atoms. The lowest BCUT2D eigenvalue weighted by Gasteiger charge is -2.03. The fourth-order valence-corrected chi connectivity index (χ4v) is 2.15. The predicted octanol–water partition coefficient (Wildman–Crippen LogP) is 3.91. The quantitative estimate of drug-likeness (QED) is 0.701. The Labute approximate surface area is 144 Å². The van der Waals surface area contributed by atoms with E-state index < -0.39 is 5.91 Å². The van der Waals surface area contributed by atoms with Gasteiger partial charge in [0.05, 0.1) is 12.9 Å².